The van der Waals surface area contributed by atoms with Crippen LogP contribution in [0.3, 0.4) is 0 Å². The lowest BCUT2D eigenvalue weighted by Gasteiger charge is -2.29. The Morgan fingerprint density at radius 1 is 0.969 bits per heavy atom. The van der Waals surface area contributed by atoms with Crippen molar-refractivity contribution in [3.63, 3.8) is 0 Å². The minimum Gasteiger partial charge on any atom is -0.378 e. The number of rotatable bonds is 7. The Bertz CT molecular complexity index is 1170. The number of nitrogens with zero attached hydrogens (tertiary/aromatic N) is 3. The smallest absolute Gasteiger partial charge is 0.222 e. The third-order valence-electron chi connectivity index (χ3n) is 5.72. The molecule has 2 aliphatic rings. The van der Waals surface area contributed by atoms with Crippen LogP contribution in [0.4, 0.5) is 11.6 Å². The maximum absolute atomic E-state index is 13.3. The molecule has 8 heteroatoms. The molecule has 2 aromatic carbocycles. The fraction of sp³-hybridized carbons (Fsp3) is 0.333. The van der Waals surface area contributed by atoms with E-state index in [2.05, 4.69) is 20.2 Å². The van der Waals surface area contributed by atoms with Gasteiger partial charge in [-0.1, -0.05) is 30.3 Å². The number of ether oxygens (including phenoxy) is 1. The summed E-state index contributed by atoms with van der Waals surface area (Å²) in [5, 5.41) is 3.28. The molecule has 0 radical (unpaired) electrons. The third-order valence-corrected chi connectivity index (χ3v) is 7.39. The molecule has 3 aromatic rings. The number of anilines is 2. The first-order valence-electron chi connectivity index (χ1n) is 10.9. The summed E-state index contributed by atoms with van der Waals surface area (Å²) >= 11 is 0. The van der Waals surface area contributed by atoms with E-state index in [1.54, 1.807) is 24.5 Å². The highest BCUT2D eigenvalue weighted by Crippen LogP contribution is 2.31. The van der Waals surface area contributed by atoms with E-state index in [1.807, 2.05) is 36.4 Å². The fourth-order valence-electron chi connectivity index (χ4n) is 3.77. The molecule has 2 heterocycles. The monoisotopic (exact) mass is 450 g/mol. The quantitative estimate of drug-likeness (QED) is 0.589. The molecular weight excluding hydrogens is 424 g/mol. The first-order chi connectivity index (χ1) is 15.6. The van der Waals surface area contributed by atoms with Crippen LogP contribution in [0.25, 0.3) is 11.1 Å². The van der Waals surface area contributed by atoms with Gasteiger partial charge in [-0.3, -0.25) is 0 Å². The molecule has 0 bridgehead atoms. The maximum Gasteiger partial charge on any atom is 0.222 e. The van der Waals surface area contributed by atoms with Crippen molar-refractivity contribution in [3.05, 3.63) is 66.5 Å². The summed E-state index contributed by atoms with van der Waals surface area (Å²) in [5.74, 6) is 0.568. The normalized spacial score (nSPS) is 16.7. The molecule has 7 nitrogen and oxygen atoms in total. The number of hydrogen-bond donors (Lipinski definition) is 1. The van der Waals surface area contributed by atoms with Crippen molar-refractivity contribution in [2.24, 2.45) is 0 Å². The van der Waals surface area contributed by atoms with E-state index in [4.69, 9.17) is 4.74 Å². The van der Waals surface area contributed by atoms with E-state index in [0.29, 0.717) is 30.1 Å². The summed E-state index contributed by atoms with van der Waals surface area (Å²) in [4.78, 5) is 11.3. The minimum atomic E-state index is -3.53. The van der Waals surface area contributed by atoms with E-state index < -0.39 is 9.84 Å². The summed E-state index contributed by atoms with van der Waals surface area (Å²) in [6.07, 6.45) is 5.80. The Balaban J connectivity index is 1.50. The van der Waals surface area contributed by atoms with Gasteiger partial charge in [-0.05, 0) is 42.2 Å². The molecule has 1 N–H and O–H groups in total. The van der Waals surface area contributed by atoms with Crippen LogP contribution in [-0.4, -0.2) is 50.7 Å². The molecule has 2 fully saturated rings. The van der Waals surface area contributed by atoms with Crippen LogP contribution in [0.15, 0.2) is 65.8 Å². The number of sulfone groups is 1. The predicted molar refractivity (Wildman–Crippen MR) is 124 cm³/mol. The van der Waals surface area contributed by atoms with E-state index in [9.17, 15) is 8.42 Å². The van der Waals surface area contributed by atoms with Gasteiger partial charge in [0.05, 0.1) is 23.9 Å². The molecule has 32 heavy (non-hydrogen) atoms. The second-order valence-electron chi connectivity index (χ2n) is 8.27. The summed E-state index contributed by atoms with van der Waals surface area (Å²) in [7, 11) is -3.53. The lowest BCUT2D eigenvalue weighted by atomic mass is 10.1. The van der Waals surface area contributed by atoms with Gasteiger partial charge in [0, 0.05) is 42.8 Å². The topological polar surface area (TPSA) is 84.4 Å². The molecular formula is C24H26N4O3S. The molecule has 166 valence electrons. The van der Waals surface area contributed by atoms with Crippen molar-refractivity contribution in [1.29, 1.82) is 0 Å². The summed E-state index contributed by atoms with van der Waals surface area (Å²) < 4.78 is 32.1. The van der Waals surface area contributed by atoms with Crippen LogP contribution in [0.1, 0.15) is 18.4 Å². The van der Waals surface area contributed by atoms with E-state index in [0.717, 1.165) is 48.3 Å². The standard InChI is InChI=1S/C24H26N4O3S/c29-32(30,17-18-4-2-1-3-5-18)23-13-19(12-22(14-23)28-8-10-31-11-9-28)20-15-25-24(26-16-20)27-21-6-7-21/h1-5,12-16,21H,6-11,17H2,(H,25,26,27). The molecule has 5 rings (SSSR count). The van der Waals surface area contributed by atoms with Gasteiger partial charge in [0.25, 0.3) is 0 Å². The zero-order chi connectivity index (χ0) is 22.0. The Hall–Kier alpha value is -2.97. The maximum atomic E-state index is 13.3. The van der Waals surface area contributed by atoms with Crippen LogP contribution in [-0.2, 0) is 20.3 Å². The van der Waals surface area contributed by atoms with E-state index in [-0.39, 0.29) is 5.75 Å². The summed E-state index contributed by atoms with van der Waals surface area (Å²) in [6, 6.07) is 15.3. The average Bonchev–Trinajstić information content (AvgIpc) is 3.64. The highest BCUT2D eigenvalue weighted by atomic mass is 32.2. The Kier molecular flexibility index (Phi) is 5.80. The number of nitrogens with one attached hydrogen (secondary N) is 1. The second-order valence-corrected chi connectivity index (χ2v) is 10.3. The zero-order valence-electron chi connectivity index (χ0n) is 17.8. The van der Waals surface area contributed by atoms with Gasteiger partial charge in [-0.25, -0.2) is 18.4 Å². The van der Waals surface area contributed by atoms with Crippen LogP contribution in [0, 0.1) is 0 Å². The number of aromatic nitrogens is 2. The van der Waals surface area contributed by atoms with Crippen molar-refractivity contribution in [3.8, 4) is 11.1 Å². The first kappa shape index (κ1) is 20.9. The summed E-state index contributed by atoms with van der Waals surface area (Å²) in [5.41, 5.74) is 3.22. The number of morpholine rings is 1. The second kappa shape index (κ2) is 8.88. The lowest BCUT2D eigenvalue weighted by Crippen LogP contribution is -2.36. The summed E-state index contributed by atoms with van der Waals surface area (Å²) in [6.45, 7) is 2.70. The van der Waals surface area contributed by atoms with Crippen LogP contribution < -0.4 is 10.2 Å². The van der Waals surface area contributed by atoms with E-state index in [1.165, 1.54) is 0 Å². The van der Waals surface area contributed by atoms with Crippen molar-refractivity contribution >= 4 is 21.5 Å². The van der Waals surface area contributed by atoms with Crippen LogP contribution >= 0.6 is 0 Å². The molecule has 1 aromatic heterocycles. The molecule has 0 spiro atoms. The van der Waals surface area contributed by atoms with Gasteiger partial charge in [-0.15, -0.1) is 0 Å². The van der Waals surface area contributed by atoms with E-state index >= 15 is 0 Å². The molecule has 1 saturated carbocycles. The average molecular weight is 451 g/mol. The van der Waals surface area contributed by atoms with Gasteiger partial charge in [0.2, 0.25) is 5.95 Å². The highest BCUT2D eigenvalue weighted by molar-refractivity contribution is 7.90. The highest BCUT2D eigenvalue weighted by Gasteiger charge is 2.23. The Morgan fingerprint density at radius 2 is 1.69 bits per heavy atom. The minimum absolute atomic E-state index is 0.0411. The molecule has 0 unspecified atom stereocenters. The van der Waals surface area contributed by atoms with Crippen molar-refractivity contribution in [2.45, 2.75) is 29.5 Å². The van der Waals surface area contributed by atoms with Crippen molar-refractivity contribution in [1.82, 2.24) is 9.97 Å². The van der Waals surface area contributed by atoms with Gasteiger partial charge >= 0.3 is 0 Å². The first-order valence-corrected chi connectivity index (χ1v) is 12.6. The van der Waals surface area contributed by atoms with Crippen LogP contribution in [0.5, 0.6) is 0 Å². The molecule has 1 saturated heterocycles. The number of benzene rings is 2. The van der Waals surface area contributed by atoms with Gasteiger partial charge in [-0.2, -0.15) is 0 Å². The SMILES string of the molecule is O=S(=O)(Cc1ccccc1)c1cc(-c2cnc(NC3CC3)nc2)cc(N2CCOCC2)c1. The molecule has 1 aliphatic carbocycles. The van der Waals surface area contributed by atoms with Crippen LogP contribution in [0.2, 0.25) is 0 Å². The van der Waals surface area contributed by atoms with Gasteiger partial charge in [0.15, 0.2) is 9.84 Å². The Morgan fingerprint density at radius 3 is 2.38 bits per heavy atom. The van der Waals surface area contributed by atoms with Gasteiger partial charge < -0.3 is 15.0 Å². The van der Waals surface area contributed by atoms with Gasteiger partial charge in [0.1, 0.15) is 0 Å². The third kappa shape index (κ3) is 4.92. The molecule has 0 amide bonds. The predicted octanol–water partition coefficient (Wildman–Crippen LogP) is 3.53. The fourth-order valence-corrected chi connectivity index (χ4v) is 5.18. The zero-order valence-corrected chi connectivity index (χ0v) is 18.6. The lowest BCUT2D eigenvalue weighted by molar-refractivity contribution is 0.122. The Labute approximate surface area is 188 Å². The molecule has 1 aliphatic heterocycles. The van der Waals surface area contributed by atoms with Crippen molar-refractivity contribution < 1.29 is 13.2 Å². The largest absolute Gasteiger partial charge is 0.378 e. The number of hydrogen-bond acceptors (Lipinski definition) is 7. The molecule has 0 atom stereocenters. The van der Waals surface area contributed by atoms with Crippen molar-refractivity contribution in [2.75, 3.05) is 36.5 Å².